The van der Waals surface area contributed by atoms with E-state index in [1.54, 1.807) is 0 Å². The Balaban J connectivity index is 1.19. The number of hydrogen-bond donors (Lipinski definition) is 0. The first-order chi connectivity index (χ1) is 22.3. The summed E-state index contributed by atoms with van der Waals surface area (Å²) in [4.78, 5) is 10.0. The molecule has 10 aromatic rings. The maximum Gasteiger partial charge on any atom is 0.180 e. The highest BCUT2D eigenvalue weighted by molar-refractivity contribution is 6.23. The van der Waals surface area contributed by atoms with Gasteiger partial charge in [0.2, 0.25) is 0 Å². The predicted molar refractivity (Wildman–Crippen MR) is 182 cm³/mol. The van der Waals surface area contributed by atoms with Crippen molar-refractivity contribution in [1.29, 1.82) is 0 Å². The topological polar surface area (TPSA) is 57.0 Å². The molecule has 0 spiro atoms. The van der Waals surface area contributed by atoms with E-state index in [0.29, 0.717) is 11.4 Å². The molecule has 0 amide bonds. The second-order valence-corrected chi connectivity index (χ2v) is 11.4. The Labute approximate surface area is 256 Å². The molecule has 4 aromatic heterocycles. The van der Waals surface area contributed by atoms with Gasteiger partial charge in [-0.15, -0.1) is 0 Å². The number of nitrogens with zero attached hydrogens (tertiary/aromatic N) is 3. The lowest BCUT2D eigenvalue weighted by Crippen LogP contribution is -1.96. The van der Waals surface area contributed by atoms with Gasteiger partial charge in [-0.05, 0) is 48.5 Å². The van der Waals surface area contributed by atoms with Gasteiger partial charge in [0.05, 0.1) is 16.4 Å². The smallest absolute Gasteiger partial charge is 0.180 e. The molecule has 0 fully saturated rings. The first-order valence-electron chi connectivity index (χ1n) is 15.0. The fourth-order valence-electron chi connectivity index (χ4n) is 6.78. The van der Waals surface area contributed by atoms with Crippen molar-refractivity contribution in [3.63, 3.8) is 0 Å². The van der Waals surface area contributed by atoms with Crippen LogP contribution in [-0.4, -0.2) is 14.5 Å². The molecule has 210 valence electrons. The van der Waals surface area contributed by atoms with Gasteiger partial charge in [0.15, 0.2) is 11.4 Å². The molecule has 0 saturated heterocycles. The molecule has 0 radical (unpaired) electrons. The van der Waals surface area contributed by atoms with Crippen LogP contribution in [0.1, 0.15) is 0 Å². The van der Waals surface area contributed by atoms with E-state index in [1.165, 1.54) is 0 Å². The fraction of sp³-hybridized carbons (Fsp3) is 0. The third kappa shape index (κ3) is 3.49. The molecular weight excluding hydrogens is 554 g/mol. The summed E-state index contributed by atoms with van der Waals surface area (Å²) in [7, 11) is 0. The fourth-order valence-corrected chi connectivity index (χ4v) is 6.78. The van der Waals surface area contributed by atoms with Gasteiger partial charge in [-0.3, -0.25) is 0 Å². The molecule has 0 aliphatic carbocycles. The average Bonchev–Trinajstić information content (AvgIpc) is 3.78. The zero-order valence-corrected chi connectivity index (χ0v) is 23.9. The van der Waals surface area contributed by atoms with Crippen molar-refractivity contribution in [2.24, 2.45) is 0 Å². The summed E-state index contributed by atoms with van der Waals surface area (Å²) in [6.45, 7) is 0. The second kappa shape index (κ2) is 9.15. The lowest BCUT2D eigenvalue weighted by Gasteiger charge is -2.10. The molecule has 0 atom stereocenters. The van der Waals surface area contributed by atoms with Crippen LogP contribution in [0.15, 0.2) is 148 Å². The Morgan fingerprint density at radius 2 is 1.11 bits per heavy atom. The minimum absolute atomic E-state index is 0.672. The minimum Gasteiger partial charge on any atom is -0.455 e. The summed E-state index contributed by atoms with van der Waals surface area (Å²) >= 11 is 0. The van der Waals surface area contributed by atoms with Gasteiger partial charge in [-0.25, -0.2) is 9.97 Å². The van der Waals surface area contributed by atoms with Crippen molar-refractivity contribution >= 4 is 65.8 Å². The van der Waals surface area contributed by atoms with E-state index in [2.05, 4.69) is 83.4 Å². The maximum atomic E-state index is 6.48. The predicted octanol–water partition coefficient (Wildman–Crippen LogP) is 10.7. The number of rotatable bonds is 3. The van der Waals surface area contributed by atoms with E-state index in [0.717, 1.165) is 82.7 Å². The summed E-state index contributed by atoms with van der Waals surface area (Å²) in [6.07, 6.45) is 0. The van der Waals surface area contributed by atoms with E-state index in [-0.39, 0.29) is 0 Å². The Hall–Kier alpha value is -6.20. The summed E-state index contributed by atoms with van der Waals surface area (Å²) in [6, 6.07) is 47.9. The largest absolute Gasteiger partial charge is 0.455 e. The zero-order chi connectivity index (χ0) is 29.5. The number of para-hydroxylation sites is 3. The second-order valence-electron chi connectivity index (χ2n) is 11.4. The van der Waals surface area contributed by atoms with Crippen LogP contribution in [0.2, 0.25) is 0 Å². The minimum atomic E-state index is 0.672. The molecule has 0 unspecified atom stereocenters. The third-order valence-corrected chi connectivity index (χ3v) is 8.83. The van der Waals surface area contributed by atoms with Gasteiger partial charge in [0, 0.05) is 38.4 Å². The zero-order valence-electron chi connectivity index (χ0n) is 23.9. The van der Waals surface area contributed by atoms with E-state index in [9.17, 15) is 0 Å². The standard InChI is InChI=1S/C40H23N3O2/c1-2-10-25(11-3-1)40-41-36(39-37(42-40)30-14-6-9-17-34(30)45-39)24-18-20-26(21-19-24)43-31-15-7-4-13-29(31)35-32(43)23-22-28-27-12-5-8-16-33(27)44-38(28)35/h1-23H. The normalized spacial score (nSPS) is 12.0. The van der Waals surface area contributed by atoms with Crippen LogP contribution < -0.4 is 0 Å². The molecule has 5 heteroatoms. The highest BCUT2D eigenvalue weighted by Gasteiger charge is 2.20. The van der Waals surface area contributed by atoms with Crippen molar-refractivity contribution in [2.45, 2.75) is 0 Å². The third-order valence-electron chi connectivity index (χ3n) is 8.83. The monoisotopic (exact) mass is 577 g/mol. The molecule has 4 heterocycles. The molecule has 6 aromatic carbocycles. The Morgan fingerprint density at radius 1 is 0.444 bits per heavy atom. The number of aromatic nitrogens is 3. The van der Waals surface area contributed by atoms with Crippen molar-refractivity contribution in [3.8, 4) is 28.3 Å². The summed E-state index contributed by atoms with van der Waals surface area (Å²) in [5, 5.41) is 5.52. The van der Waals surface area contributed by atoms with Crippen LogP contribution >= 0.6 is 0 Å². The van der Waals surface area contributed by atoms with Crippen molar-refractivity contribution < 1.29 is 8.83 Å². The summed E-state index contributed by atoms with van der Waals surface area (Å²) in [5.41, 5.74) is 10.1. The van der Waals surface area contributed by atoms with Gasteiger partial charge in [-0.2, -0.15) is 0 Å². The van der Waals surface area contributed by atoms with Crippen molar-refractivity contribution in [3.05, 3.63) is 140 Å². The van der Waals surface area contributed by atoms with Gasteiger partial charge >= 0.3 is 0 Å². The molecule has 0 N–H and O–H groups in total. The maximum absolute atomic E-state index is 6.48. The van der Waals surface area contributed by atoms with Crippen LogP contribution in [0.5, 0.6) is 0 Å². The highest BCUT2D eigenvalue weighted by atomic mass is 16.3. The Bertz CT molecular complexity index is 2750. The first-order valence-corrected chi connectivity index (χ1v) is 15.0. The van der Waals surface area contributed by atoms with Gasteiger partial charge < -0.3 is 13.4 Å². The lowest BCUT2D eigenvalue weighted by atomic mass is 10.1. The first kappa shape index (κ1) is 24.3. The van der Waals surface area contributed by atoms with Crippen LogP contribution in [0.25, 0.3) is 94.1 Å². The SMILES string of the molecule is c1ccc(-c2nc(-c3ccc(-n4c5ccccc5c5c6oc7ccccc7c6ccc54)cc3)c3oc4ccccc4c3n2)cc1. The van der Waals surface area contributed by atoms with E-state index in [1.807, 2.05) is 60.7 Å². The number of furan rings is 2. The average molecular weight is 578 g/mol. The molecule has 0 aliphatic heterocycles. The lowest BCUT2D eigenvalue weighted by molar-refractivity contribution is 0.667. The van der Waals surface area contributed by atoms with Crippen molar-refractivity contribution in [2.75, 3.05) is 0 Å². The highest BCUT2D eigenvalue weighted by Crippen LogP contribution is 2.41. The molecule has 45 heavy (non-hydrogen) atoms. The molecule has 10 rings (SSSR count). The summed E-state index contributed by atoms with van der Waals surface area (Å²) in [5.74, 6) is 0.672. The van der Waals surface area contributed by atoms with Gasteiger partial charge in [-0.1, -0.05) is 91.0 Å². The Morgan fingerprint density at radius 3 is 1.93 bits per heavy atom. The van der Waals surface area contributed by atoms with Crippen LogP contribution in [0.3, 0.4) is 0 Å². The van der Waals surface area contributed by atoms with Crippen LogP contribution in [0.4, 0.5) is 0 Å². The molecular formula is C40H23N3O2. The van der Waals surface area contributed by atoms with Crippen LogP contribution in [0, 0.1) is 0 Å². The molecule has 0 bridgehead atoms. The number of fused-ring (bicyclic) bond motifs is 10. The number of benzene rings is 6. The Kier molecular flexibility index (Phi) is 4.93. The van der Waals surface area contributed by atoms with Gasteiger partial charge in [0.25, 0.3) is 0 Å². The quantitative estimate of drug-likeness (QED) is 0.210. The van der Waals surface area contributed by atoms with E-state index < -0.39 is 0 Å². The van der Waals surface area contributed by atoms with E-state index in [4.69, 9.17) is 18.8 Å². The van der Waals surface area contributed by atoms with Gasteiger partial charge in [0.1, 0.15) is 28.0 Å². The molecule has 5 nitrogen and oxygen atoms in total. The van der Waals surface area contributed by atoms with E-state index >= 15 is 0 Å². The molecule has 0 saturated carbocycles. The van der Waals surface area contributed by atoms with Crippen molar-refractivity contribution in [1.82, 2.24) is 14.5 Å². The summed E-state index contributed by atoms with van der Waals surface area (Å²) < 4.78 is 15.2. The van der Waals surface area contributed by atoms with Crippen LogP contribution in [-0.2, 0) is 0 Å². The molecule has 0 aliphatic rings. The number of hydrogen-bond acceptors (Lipinski definition) is 4.